The third-order valence-electron chi connectivity index (χ3n) is 3.60. The van der Waals surface area contributed by atoms with Crippen LogP contribution < -0.4 is 20.3 Å². The molecule has 3 rings (SSSR count). The molecule has 1 amide bonds. The van der Waals surface area contributed by atoms with E-state index in [0.29, 0.717) is 28.0 Å². The maximum atomic E-state index is 12.1. The summed E-state index contributed by atoms with van der Waals surface area (Å²) in [4.78, 5) is 31.0. The van der Waals surface area contributed by atoms with Crippen LogP contribution in [0.2, 0.25) is 0 Å². The number of rotatable bonds is 8. The van der Waals surface area contributed by atoms with Gasteiger partial charge < -0.3 is 19.8 Å². The summed E-state index contributed by atoms with van der Waals surface area (Å²) in [7, 11) is 1.56. The van der Waals surface area contributed by atoms with E-state index in [9.17, 15) is 9.59 Å². The van der Waals surface area contributed by atoms with Gasteiger partial charge >= 0.3 is 0 Å². The largest absolute Gasteiger partial charge is 0.497 e. The molecule has 1 heterocycles. The number of nitrogens with zero attached hydrogens (tertiary/aromatic N) is 1. The van der Waals surface area contributed by atoms with Gasteiger partial charge in [0.1, 0.15) is 18.1 Å². The van der Waals surface area contributed by atoms with Gasteiger partial charge in [0.15, 0.2) is 5.16 Å². The minimum Gasteiger partial charge on any atom is -0.497 e. The van der Waals surface area contributed by atoms with Gasteiger partial charge in [-0.2, -0.15) is 0 Å². The maximum absolute atomic E-state index is 12.1. The van der Waals surface area contributed by atoms with Gasteiger partial charge in [-0.05, 0) is 24.3 Å². The highest BCUT2D eigenvalue weighted by Crippen LogP contribution is 2.18. The van der Waals surface area contributed by atoms with Crippen molar-refractivity contribution < 1.29 is 14.3 Å². The number of hydrogen-bond acceptors (Lipinski definition) is 6. The minimum absolute atomic E-state index is 0.100. The molecule has 0 saturated carbocycles. The third-order valence-corrected chi connectivity index (χ3v) is 4.47. The first-order valence-electron chi connectivity index (χ1n) is 8.47. The highest BCUT2D eigenvalue weighted by molar-refractivity contribution is 7.99. The van der Waals surface area contributed by atoms with Gasteiger partial charge in [0, 0.05) is 17.8 Å². The lowest BCUT2D eigenvalue weighted by molar-refractivity contribution is -0.113. The Morgan fingerprint density at radius 1 is 1.11 bits per heavy atom. The summed E-state index contributed by atoms with van der Waals surface area (Å²) in [5.74, 6) is 1.23. The number of amides is 1. The number of carbonyl (C=O) groups is 1. The lowest BCUT2D eigenvalue weighted by Gasteiger charge is -2.08. The second kappa shape index (κ2) is 9.61. The fourth-order valence-corrected chi connectivity index (χ4v) is 3.03. The van der Waals surface area contributed by atoms with Crippen LogP contribution >= 0.6 is 11.8 Å². The number of anilines is 1. The second-order valence-corrected chi connectivity index (χ2v) is 6.68. The Kier molecular flexibility index (Phi) is 6.69. The monoisotopic (exact) mass is 397 g/mol. The standard InChI is InChI=1S/C20H19N3O4S/c1-26-17-9-5-6-14(10-17)21-19(25)13-28-20-22-15(11-18(24)23-20)12-27-16-7-3-2-4-8-16/h2-11H,12-13H2,1H3,(H,21,25)(H,22,23,24). The van der Waals surface area contributed by atoms with Crippen molar-refractivity contribution >= 4 is 23.4 Å². The van der Waals surface area contributed by atoms with Crippen molar-refractivity contribution in [2.75, 3.05) is 18.2 Å². The van der Waals surface area contributed by atoms with Crippen molar-refractivity contribution in [1.29, 1.82) is 0 Å². The van der Waals surface area contributed by atoms with E-state index in [4.69, 9.17) is 9.47 Å². The number of aromatic amines is 1. The molecule has 28 heavy (non-hydrogen) atoms. The average Bonchev–Trinajstić information content (AvgIpc) is 2.71. The lowest BCUT2D eigenvalue weighted by Crippen LogP contribution is -2.16. The molecule has 0 aliphatic carbocycles. The van der Waals surface area contributed by atoms with E-state index < -0.39 is 0 Å². The smallest absolute Gasteiger partial charge is 0.251 e. The molecular weight excluding hydrogens is 378 g/mol. The predicted octanol–water partition coefficient (Wildman–Crippen LogP) is 3.09. The minimum atomic E-state index is -0.294. The Morgan fingerprint density at radius 3 is 2.68 bits per heavy atom. The lowest BCUT2D eigenvalue weighted by atomic mass is 10.3. The number of nitrogens with one attached hydrogen (secondary N) is 2. The number of para-hydroxylation sites is 1. The number of hydrogen-bond donors (Lipinski definition) is 2. The summed E-state index contributed by atoms with van der Waals surface area (Å²) < 4.78 is 10.7. The summed E-state index contributed by atoms with van der Waals surface area (Å²) in [6, 6.07) is 17.7. The Bertz CT molecular complexity index is 992. The molecule has 0 fully saturated rings. The first-order chi connectivity index (χ1) is 13.6. The molecular formula is C20H19N3O4S. The zero-order chi connectivity index (χ0) is 19.8. The molecule has 0 spiro atoms. The van der Waals surface area contributed by atoms with E-state index in [2.05, 4.69) is 15.3 Å². The molecule has 2 aromatic carbocycles. The molecule has 0 radical (unpaired) electrons. The molecule has 8 heteroatoms. The van der Waals surface area contributed by atoms with Gasteiger partial charge in [0.05, 0.1) is 18.6 Å². The van der Waals surface area contributed by atoms with Crippen molar-refractivity contribution in [2.24, 2.45) is 0 Å². The van der Waals surface area contributed by atoms with Crippen LogP contribution in [-0.2, 0) is 11.4 Å². The number of aromatic nitrogens is 2. The fourth-order valence-electron chi connectivity index (χ4n) is 2.33. The maximum Gasteiger partial charge on any atom is 0.251 e. The molecule has 3 aromatic rings. The molecule has 0 atom stereocenters. The summed E-state index contributed by atoms with van der Waals surface area (Å²) in [5.41, 5.74) is 0.831. The molecule has 7 nitrogen and oxygen atoms in total. The number of ether oxygens (including phenoxy) is 2. The van der Waals surface area contributed by atoms with Crippen LogP contribution in [0.15, 0.2) is 70.6 Å². The van der Waals surface area contributed by atoms with E-state index in [0.717, 1.165) is 11.8 Å². The SMILES string of the molecule is COc1cccc(NC(=O)CSc2nc(COc3ccccc3)cc(=O)[nH]2)c1. The van der Waals surface area contributed by atoms with E-state index in [1.54, 1.807) is 31.4 Å². The zero-order valence-corrected chi connectivity index (χ0v) is 16.0. The number of benzene rings is 2. The number of thioether (sulfide) groups is 1. The molecule has 2 N–H and O–H groups in total. The van der Waals surface area contributed by atoms with Crippen LogP contribution in [-0.4, -0.2) is 28.7 Å². The Balaban J connectivity index is 1.57. The van der Waals surface area contributed by atoms with Gasteiger partial charge in [-0.15, -0.1) is 0 Å². The van der Waals surface area contributed by atoms with Crippen LogP contribution in [0.4, 0.5) is 5.69 Å². The molecule has 0 aliphatic rings. The van der Waals surface area contributed by atoms with Crippen molar-refractivity contribution in [3.63, 3.8) is 0 Å². The summed E-state index contributed by atoms with van der Waals surface area (Å²) in [6.45, 7) is 0.164. The van der Waals surface area contributed by atoms with E-state index in [1.165, 1.54) is 6.07 Å². The van der Waals surface area contributed by atoms with Crippen LogP contribution in [0, 0.1) is 0 Å². The second-order valence-electron chi connectivity index (χ2n) is 5.71. The van der Waals surface area contributed by atoms with Crippen molar-refractivity contribution in [3.05, 3.63) is 76.7 Å². The van der Waals surface area contributed by atoms with Crippen molar-refractivity contribution in [1.82, 2.24) is 9.97 Å². The molecule has 0 bridgehead atoms. The summed E-state index contributed by atoms with van der Waals surface area (Å²) in [6.07, 6.45) is 0. The van der Waals surface area contributed by atoms with Gasteiger partial charge in [0.25, 0.3) is 5.56 Å². The van der Waals surface area contributed by atoms with Crippen LogP contribution in [0.3, 0.4) is 0 Å². The normalized spacial score (nSPS) is 10.3. The number of methoxy groups -OCH3 is 1. The quantitative estimate of drug-likeness (QED) is 0.448. The van der Waals surface area contributed by atoms with Gasteiger partial charge in [-0.25, -0.2) is 4.98 Å². The Hall–Kier alpha value is -3.26. The molecule has 0 aliphatic heterocycles. The molecule has 0 unspecified atom stereocenters. The summed E-state index contributed by atoms with van der Waals surface area (Å²) in [5, 5.41) is 3.14. The first kappa shape index (κ1) is 19.5. The first-order valence-corrected chi connectivity index (χ1v) is 9.46. The zero-order valence-electron chi connectivity index (χ0n) is 15.2. The van der Waals surface area contributed by atoms with E-state index >= 15 is 0 Å². The Morgan fingerprint density at radius 2 is 1.89 bits per heavy atom. The number of carbonyl (C=O) groups excluding carboxylic acids is 1. The Labute approximate surface area is 166 Å². The summed E-state index contributed by atoms with van der Waals surface area (Å²) >= 11 is 1.14. The average molecular weight is 397 g/mol. The fraction of sp³-hybridized carbons (Fsp3) is 0.150. The van der Waals surface area contributed by atoms with Gasteiger partial charge in [-0.3, -0.25) is 9.59 Å². The van der Waals surface area contributed by atoms with Gasteiger partial charge in [-0.1, -0.05) is 36.0 Å². The van der Waals surface area contributed by atoms with Gasteiger partial charge in [0.2, 0.25) is 5.91 Å². The predicted molar refractivity (Wildman–Crippen MR) is 108 cm³/mol. The third kappa shape index (κ3) is 5.88. The van der Waals surface area contributed by atoms with Crippen LogP contribution in [0.25, 0.3) is 0 Å². The van der Waals surface area contributed by atoms with Crippen LogP contribution in [0.1, 0.15) is 5.69 Å². The molecule has 144 valence electrons. The molecule has 1 aromatic heterocycles. The topological polar surface area (TPSA) is 93.3 Å². The highest BCUT2D eigenvalue weighted by Gasteiger charge is 2.08. The highest BCUT2D eigenvalue weighted by atomic mass is 32.2. The van der Waals surface area contributed by atoms with E-state index in [1.807, 2.05) is 30.3 Å². The van der Waals surface area contributed by atoms with Crippen molar-refractivity contribution in [3.8, 4) is 11.5 Å². The van der Waals surface area contributed by atoms with Crippen LogP contribution in [0.5, 0.6) is 11.5 Å². The van der Waals surface area contributed by atoms with E-state index in [-0.39, 0.29) is 23.8 Å². The van der Waals surface area contributed by atoms with Crippen molar-refractivity contribution in [2.45, 2.75) is 11.8 Å². The number of H-pyrrole nitrogens is 1. The molecule has 0 saturated heterocycles.